The number of benzene rings is 1. The minimum absolute atomic E-state index is 0.282. The van der Waals surface area contributed by atoms with E-state index in [2.05, 4.69) is 40.2 Å². The number of imidazole rings is 1. The molecule has 4 rings (SSSR count). The Balaban J connectivity index is 1.76. The van der Waals surface area contributed by atoms with Gasteiger partial charge in [0, 0.05) is 19.2 Å². The molecule has 0 saturated carbocycles. The molecule has 0 saturated heterocycles. The van der Waals surface area contributed by atoms with Crippen LogP contribution in [0.3, 0.4) is 0 Å². The van der Waals surface area contributed by atoms with E-state index in [4.69, 9.17) is 4.74 Å². The van der Waals surface area contributed by atoms with E-state index < -0.39 is 11.7 Å². The number of nitrogens with zero attached hydrogens (tertiary/aromatic N) is 4. The van der Waals surface area contributed by atoms with E-state index in [9.17, 15) is 9.59 Å². The van der Waals surface area contributed by atoms with E-state index in [1.54, 1.807) is 44.3 Å². The van der Waals surface area contributed by atoms with E-state index in [0.29, 0.717) is 39.9 Å². The molecule has 3 N–H and O–H groups in total. The Bertz CT molecular complexity index is 1310. The topological polar surface area (TPSA) is 148 Å². The molecule has 0 aliphatic rings. The first-order valence-corrected chi connectivity index (χ1v) is 8.86. The highest BCUT2D eigenvalue weighted by Gasteiger charge is 2.14. The molecule has 152 valence electrons. The molecule has 30 heavy (non-hydrogen) atoms. The third kappa shape index (κ3) is 3.68. The van der Waals surface area contributed by atoms with Crippen LogP contribution in [0.4, 0.5) is 10.6 Å². The van der Waals surface area contributed by atoms with Gasteiger partial charge in [0.25, 0.3) is 5.56 Å². The average Bonchev–Trinajstić information content (AvgIpc) is 3.16. The summed E-state index contributed by atoms with van der Waals surface area (Å²) in [7, 11) is 2.98. The van der Waals surface area contributed by atoms with Gasteiger partial charge in [-0.2, -0.15) is 5.10 Å². The third-order valence-electron chi connectivity index (χ3n) is 4.24. The highest BCUT2D eigenvalue weighted by molar-refractivity contribution is 5.81. The maximum absolute atomic E-state index is 12.4. The fraction of sp³-hybridized carbons (Fsp3) is 0.158. The first-order chi connectivity index (χ1) is 14.5. The number of ether oxygens (including phenoxy) is 2. The highest BCUT2D eigenvalue weighted by Crippen LogP contribution is 2.24. The molecule has 3 heterocycles. The molecule has 1 aromatic carbocycles. The molecule has 0 bridgehead atoms. The van der Waals surface area contributed by atoms with E-state index in [1.165, 1.54) is 7.11 Å². The van der Waals surface area contributed by atoms with Gasteiger partial charge in [-0.3, -0.25) is 4.79 Å². The van der Waals surface area contributed by atoms with E-state index in [0.717, 1.165) is 0 Å². The average molecular weight is 407 g/mol. The second-order valence-electron chi connectivity index (χ2n) is 6.25. The maximum Gasteiger partial charge on any atom is 0.513 e. The Labute approximate surface area is 169 Å². The van der Waals surface area contributed by atoms with E-state index in [1.807, 2.05) is 0 Å². The lowest BCUT2D eigenvalue weighted by Crippen LogP contribution is -2.12. The van der Waals surface area contributed by atoms with Crippen molar-refractivity contribution in [1.29, 1.82) is 0 Å². The van der Waals surface area contributed by atoms with Crippen LogP contribution in [0.15, 0.2) is 35.1 Å². The largest absolute Gasteiger partial charge is 0.513 e. The predicted molar refractivity (Wildman–Crippen MR) is 108 cm³/mol. The summed E-state index contributed by atoms with van der Waals surface area (Å²) in [6, 6.07) is 8.16. The van der Waals surface area contributed by atoms with Crippen LogP contribution < -0.4 is 15.6 Å². The van der Waals surface area contributed by atoms with Crippen LogP contribution in [-0.4, -0.2) is 50.4 Å². The van der Waals surface area contributed by atoms with Crippen molar-refractivity contribution in [2.75, 3.05) is 19.5 Å². The Morgan fingerprint density at radius 2 is 1.93 bits per heavy atom. The fourth-order valence-electron chi connectivity index (χ4n) is 2.86. The lowest BCUT2D eigenvalue weighted by molar-refractivity contribution is 0.121. The molecule has 0 radical (unpaired) electrons. The summed E-state index contributed by atoms with van der Waals surface area (Å²) >= 11 is 0. The molecular formula is C19H17N7O4. The number of anilines is 1. The molecule has 0 unspecified atom stereocenters. The minimum Gasteiger partial charge on any atom is -0.437 e. The van der Waals surface area contributed by atoms with Gasteiger partial charge in [0.05, 0.1) is 29.4 Å². The molecule has 0 aliphatic heterocycles. The number of methoxy groups -OCH3 is 1. The molecule has 4 aromatic rings. The maximum atomic E-state index is 12.4. The summed E-state index contributed by atoms with van der Waals surface area (Å²) in [5, 5.41) is 9.53. The van der Waals surface area contributed by atoms with Crippen LogP contribution in [0.5, 0.6) is 5.75 Å². The molecule has 0 atom stereocenters. The summed E-state index contributed by atoms with van der Waals surface area (Å²) in [5.74, 6) is 1.82. The van der Waals surface area contributed by atoms with Crippen LogP contribution in [0.25, 0.3) is 33.8 Å². The summed E-state index contributed by atoms with van der Waals surface area (Å²) in [5.41, 5.74) is 2.06. The van der Waals surface area contributed by atoms with Gasteiger partial charge >= 0.3 is 6.16 Å². The summed E-state index contributed by atoms with van der Waals surface area (Å²) in [6.07, 6.45) is -0.828. The normalized spacial score (nSPS) is 10.8. The lowest BCUT2D eigenvalue weighted by Gasteiger charge is -2.05. The second kappa shape index (κ2) is 7.62. The summed E-state index contributed by atoms with van der Waals surface area (Å²) < 4.78 is 9.50. The Morgan fingerprint density at radius 3 is 2.70 bits per heavy atom. The molecule has 0 aliphatic carbocycles. The van der Waals surface area contributed by atoms with Crippen molar-refractivity contribution in [1.82, 2.24) is 30.1 Å². The Hall–Kier alpha value is -4.28. The molecule has 0 fully saturated rings. The van der Waals surface area contributed by atoms with Crippen LogP contribution in [0.1, 0.15) is 5.82 Å². The smallest absolute Gasteiger partial charge is 0.437 e. The highest BCUT2D eigenvalue weighted by atomic mass is 16.7. The number of carbonyl (C=O) groups is 1. The number of H-pyrrole nitrogens is 2. The molecular weight excluding hydrogens is 390 g/mol. The van der Waals surface area contributed by atoms with Crippen molar-refractivity contribution in [3.05, 3.63) is 46.5 Å². The number of hydrogen-bond donors (Lipinski definition) is 3. The molecule has 11 nitrogen and oxygen atoms in total. The van der Waals surface area contributed by atoms with Gasteiger partial charge in [0.15, 0.2) is 0 Å². The first kappa shape index (κ1) is 19.1. The number of hydrogen-bond acceptors (Lipinski definition) is 9. The molecule has 0 amide bonds. The first-order valence-electron chi connectivity index (χ1n) is 8.86. The third-order valence-corrected chi connectivity index (χ3v) is 4.24. The van der Waals surface area contributed by atoms with Crippen molar-refractivity contribution >= 4 is 23.0 Å². The van der Waals surface area contributed by atoms with Gasteiger partial charge in [0.1, 0.15) is 28.9 Å². The van der Waals surface area contributed by atoms with Gasteiger partial charge in [-0.15, -0.1) is 0 Å². The van der Waals surface area contributed by atoms with Crippen molar-refractivity contribution in [2.24, 2.45) is 0 Å². The van der Waals surface area contributed by atoms with E-state index in [-0.39, 0.29) is 11.3 Å². The molecule has 11 heteroatoms. The summed E-state index contributed by atoms with van der Waals surface area (Å²) in [6.45, 7) is 1.77. The number of rotatable bonds is 4. The fourth-order valence-corrected chi connectivity index (χ4v) is 2.86. The number of fused-ring (bicyclic) bond motifs is 1. The zero-order chi connectivity index (χ0) is 21.3. The van der Waals surface area contributed by atoms with E-state index >= 15 is 0 Å². The number of aromatic amines is 2. The van der Waals surface area contributed by atoms with Gasteiger partial charge in [-0.25, -0.2) is 24.8 Å². The second-order valence-corrected chi connectivity index (χ2v) is 6.25. The van der Waals surface area contributed by atoms with Gasteiger partial charge < -0.3 is 19.8 Å². The lowest BCUT2D eigenvalue weighted by atomic mass is 10.2. The van der Waals surface area contributed by atoms with Crippen molar-refractivity contribution in [3.8, 4) is 28.5 Å². The Kier molecular flexibility index (Phi) is 4.84. The zero-order valence-electron chi connectivity index (χ0n) is 16.3. The number of carbonyl (C=O) groups excluding carboxylic acids is 1. The van der Waals surface area contributed by atoms with Crippen LogP contribution >= 0.6 is 0 Å². The monoisotopic (exact) mass is 407 g/mol. The van der Waals surface area contributed by atoms with Crippen LogP contribution in [0, 0.1) is 6.92 Å². The summed E-state index contributed by atoms with van der Waals surface area (Å²) in [4.78, 5) is 39.9. The Morgan fingerprint density at radius 1 is 1.10 bits per heavy atom. The SMILES string of the molecule is CNc1cc(-c2cc(-c3nc4ccc(OC(=O)OC)cc4[nH]3)c(=O)[nH]n2)nc(C)n1. The number of aromatic nitrogens is 6. The van der Waals surface area contributed by atoms with Gasteiger partial charge in [-0.05, 0) is 25.1 Å². The quantitative estimate of drug-likeness (QED) is 0.342. The van der Waals surface area contributed by atoms with Crippen molar-refractivity contribution in [3.63, 3.8) is 0 Å². The molecule has 0 spiro atoms. The predicted octanol–water partition coefficient (Wildman–Crippen LogP) is 2.27. The van der Waals surface area contributed by atoms with Crippen molar-refractivity contribution in [2.45, 2.75) is 6.92 Å². The minimum atomic E-state index is -0.828. The van der Waals surface area contributed by atoms with Crippen molar-refractivity contribution < 1.29 is 14.3 Å². The van der Waals surface area contributed by atoms with Gasteiger partial charge in [-0.1, -0.05) is 0 Å². The van der Waals surface area contributed by atoms with Crippen LogP contribution in [-0.2, 0) is 4.74 Å². The van der Waals surface area contributed by atoms with Crippen LogP contribution in [0.2, 0.25) is 0 Å². The zero-order valence-corrected chi connectivity index (χ0v) is 16.3. The van der Waals surface area contributed by atoms with Gasteiger partial charge in [0.2, 0.25) is 0 Å². The number of aryl methyl sites for hydroxylation is 1. The molecule has 3 aromatic heterocycles. The number of nitrogens with one attached hydrogen (secondary N) is 3. The standard InChI is InChI=1S/C19H17N7O4/c1-9-21-14(8-16(20-2)22-9)15-7-11(18(27)26-25-15)17-23-12-5-4-10(6-13(12)24-17)30-19(28)29-3/h4-8H,1-3H3,(H,23,24)(H,26,27)(H,20,21,22).